The van der Waals surface area contributed by atoms with Crippen LogP contribution in [0.25, 0.3) is 5.69 Å². The van der Waals surface area contributed by atoms with E-state index in [4.69, 9.17) is 0 Å². The Kier molecular flexibility index (Phi) is 5.35. The highest BCUT2D eigenvalue weighted by Crippen LogP contribution is 2.19. The molecule has 0 aliphatic rings. The number of hydrogen-bond acceptors (Lipinski definition) is 4. The van der Waals surface area contributed by atoms with Gasteiger partial charge in [-0.15, -0.1) is 0 Å². The molecule has 3 aromatic rings. The number of nitrogens with one attached hydrogen (secondary N) is 1. The topological polar surface area (TPSA) is 76.5 Å². The third-order valence-corrected chi connectivity index (χ3v) is 3.96. The van der Waals surface area contributed by atoms with E-state index < -0.39 is 23.6 Å². The lowest BCUT2D eigenvalue weighted by molar-refractivity contribution is 0.102. The van der Waals surface area contributed by atoms with E-state index in [1.807, 2.05) is 0 Å². The largest absolute Gasteiger partial charge is 0.452 e. The van der Waals surface area contributed by atoms with Crippen molar-refractivity contribution in [2.45, 2.75) is 0 Å². The number of carbonyl (C=O) groups excluding carboxylic acids is 2. The molecule has 0 bridgehead atoms. The van der Waals surface area contributed by atoms with Crippen LogP contribution in [0, 0.1) is 11.6 Å². The predicted octanol–water partition coefficient (Wildman–Crippen LogP) is 3.61. The van der Waals surface area contributed by atoms with Crippen LogP contribution >= 0.6 is 0 Å². The highest BCUT2D eigenvalue weighted by molar-refractivity contribution is 6.04. The number of benzene rings is 2. The molecule has 1 N–H and O–H groups in total. The maximum Gasteiger partial charge on any atom is 0.413 e. The molecule has 0 unspecified atom stereocenters. The summed E-state index contributed by atoms with van der Waals surface area (Å²) in [5, 5.41) is 6.62. The number of ether oxygens (including phenoxy) is 1. The Labute approximate surface area is 159 Å². The first kappa shape index (κ1) is 19.0. The zero-order valence-corrected chi connectivity index (χ0v) is 15.0. The van der Waals surface area contributed by atoms with Crippen LogP contribution in [-0.4, -0.2) is 35.9 Å². The zero-order valence-electron chi connectivity index (χ0n) is 15.0. The Hall–Kier alpha value is -3.75. The lowest BCUT2D eigenvalue weighted by Gasteiger charge is -2.15. The summed E-state index contributed by atoms with van der Waals surface area (Å²) < 4.78 is 32.6. The quantitative estimate of drug-likeness (QED) is 0.743. The van der Waals surface area contributed by atoms with E-state index in [9.17, 15) is 18.4 Å². The lowest BCUT2D eigenvalue weighted by atomic mass is 10.2. The highest BCUT2D eigenvalue weighted by Gasteiger charge is 2.14. The van der Waals surface area contributed by atoms with Crippen LogP contribution in [0.4, 0.5) is 25.0 Å². The van der Waals surface area contributed by atoms with Gasteiger partial charge in [0.2, 0.25) is 0 Å². The van der Waals surface area contributed by atoms with Gasteiger partial charge in [-0.3, -0.25) is 9.69 Å². The second-order valence-electron chi connectivity index (χ2n) is 5.80. The van der Waals surface area contributed by atoms with Crippen molar-refractivity contribution in [3.63, 3.8) is 0 Å². The fourth-order valence-corrected chi connectivity index (χ4v) is 2.45. The number of anilines is 2. The van der Waals surface area contributed by atoms with Crippen molar-refractivity contribution < 1.29 is 23.1 Å². The number of hydrogen-bond donors (Lipinski definition) is 1. The standard InChI is InChI=1S/C19H16F2N4O3/c1-24(19(27)28-2)15-6-4-14(5-7-15)23-18(26)12-10-22-25(11-12)17-8-3-13(20)9-16(17)21/h3-11H,1-2H3,(H,23,26). The smallest absolute Gasteiger partial charge is 0.413 e. The van der Waals surface area contributed by atoms with Crippen molar-refractivity contribution >= 4 is 23.4 Å². The molecular weight excluding hydrogens is 370 g/mol. The second-order valence-corrected chi connectivity index (χ2v) is 5.80. The summed E-state index contributed by atoms with van der Waals surface area (Å²) in [5.74, 6) is -1.95. The molecule has 0 fully saturated rings. The Morgan fingerprint density at radius 1 is 1.14 bits per heavy atom. The summed E-state index contributed by atoms with van der Waals surface area (Å²) in [6, 6.07) is 9.60. The first-order valence-electron chi connectivity index (χ1n) is 8.12. The number of aromatic nitrogens is 2. The molecule has 1 aromatic heterocycles. The molecule has 0 saturated heterocycles. The summed E-state index contributed by atoms with van der Waals surface area (Å²) in [6.45, 7) is 0. The Balaban J connectivity index is 1.72. The van der Waals surface area contributed by atoms with Crippen molar-refractivity contribution in [3.05, 3.63) is 72.1 Å². The number of rotatable bonds is 4. The number of methoxy groups -OCH3 is 1. The van der Waals surface area contributed by atoms with Crippen LogP contribution in [0.1, 0.15) is 10.4 Å². The molecule has 0 aliphatic heterocycles. The third-order valence-electron chi connectivity index (χ3n) is 3.96. The van der Waals surface area contributed by atoms with Gasteiger partial charge in [0.25, 0.3) is 5.91 Å². The minimum atomic E-state index is -0.791. The Morgan fingerprint density at radius 2 is 1.86 bits per heavy atom. The summed E-state index contributed by atoms with van der Waals surface area (Å²) in [4.78, 5) is 25.2. The van der Waals surface area contributed by atoms with Crippen molar-refractivity contribution in [3.8, 4) is 5.69 Å². The molecule has 2 aromatic carbocycles. The van der Waals surface area contributed by atoms with Crippen molar-refractivity contribution in [2.75, 3.05) is 24.4 Å². The number of halogens is 2. The zero-order chi connectivity index (χ0) is 20.3. The lowest BCUT2D eigenvalue weighted by Crippen LogP contribution is -2.25. The van der Waals surface area contributed by atoms with Gasteiger partial charge in [-0.2, -0.15) is 5.10 Å². The minimum absolute atomic E-state index is 0.0238. The summed E-state index contributed by atoms with van der Waals surface area (Å²) in [5.41, 5.74) is 1.30. The molecule has 1 heterocycles. The van der Waals surface area contributed by atoms with Crippen LogP contribution in [-0.2, 0) is 4.74 Å². The van der Waals surface area contributed by atoms with Crippen molar-refractivity contribution in [1.82, 2.24) is 9.78 Å². The van der Waals surface area contributed by atoms with E-state index in [1.165, 1.54) is 30.5 Å². The third kappa shape index (κ3) is 3.98. The predicted molar refractivity (Wildman–Crippen MR) is 98.7 cm³/mol. The van der Waals surface area contributed by atoms with E-state index in [1.54, 1.807) is 31.3 Å². The molecular formula is C19H16F2N4O3. The molecule has 0 radical (unpaired) electrons. The summed E-state index contributed by atoms with van der Waals surface area (Å²) in [7, 11) is 2.84. The second kappa shape index (κ2) is 7.87. The fourth-order valence-electron chi connectivity index (χ4n) is 2.45. The summed E-state index contributed by atoms with van der Waals surface area (Å²) in [6.07, 6.45) is 2.10. The van der Waals surface area contributed by atoms with E-state index >= 15 is 0 Å². The van der Waals surface area contributed by atoms with E-state index in [2.05, 4.69) is 15.2 Å². The minimum Gasteiger partial charge on any atom is -0.452 e. The van der Waals surface area contributed by atoms with E-state index in [0.717, 1.165) is 16.8 Å². The van der Waals surface area contributed by atoms with E-state index in [-0.39, 0.29) is 11.3 Å². The molecule has 2 amide bonds. The van der Waals surface area contributed by atoms with Gasteiger partial charge in [-0.05, 0) is 36.4 Å². The van der Waals surface area contributed by atoms with Gasteiger partial charge in [-0.1, -0.05) is 0 Å². The molecule has 9 heteroatoms. The Bertz CT molecular complexity index is 1020. The normalized spacial score (nSPS) is 10.4. The average molecular weight is 386 g/mol. The summed E-state index contributed by atoms with van der Waals surface area (Å²) >= 11 is 0. The van der Waals surface area contributed by atoms with Gasteiger partial charge in [-0.25, -0.2) is 18.3 Å². The van der Waals surface area contributed by atoms with Crippen LogP contribution in [0.2, 0.25) is 0 Å². The molecule has 0 spiro atoms. The van der Waals surface area contributed by atoms with Crippen molar-refractivity contribution in [2.24, 2.45) is 0 Å². The van der Waals surface area contributed by atoms with E-state index in [0.29, 0.717) is 11.4 Å². The molecule has 28 heavy (non-hydrogen) atoms. The van der Waals surface area contributed by atoms with Crippen LogP contribution in [0.3, 0.4) is 0 Å². The monoisotopic (exact) mass is 386 g/mol. The first-order chi connectivity index (χ1) is 13.4. The molecule has 0 saturated carbocycles. The van der Waals surface area contributed by atoms with Gasteiger partial charge in [0.15, 0.2) is 5.82 Å². The number of carbonyl (C=O) groups is 2. The molecule has 0 atom stereocenters. The number of nitrogens with zero attached hydrogens (tertiary/aromatic N) is 3. The van der Waals surface area contributed by atoms with Crippen molar-refractivity contribution in [1.29, 1.82) is 0 Å². The fraction of sp³-hybridized carbons (Fsp3) is 0.105. The van der Waals surface area contributed by atoms with Gasteiger partial charge in [0.05, 0.1) is 18.9 Å². The maximum atomic E-state index is 13.8. The van der Waals surface area contributed by atoms with Gasteiger partial charge >= 0.3 is 6.09 Å². The average Bonchev–Trinajstić information content (AvgIpc) is 3.17. The number of amides is 2. The molecule has 144 valence electrons. The Morgan fingerprint density at radius 3 is 2.50 bits per heavy atom. The molecule has 7 nitrogen and oxygen atoms in total. The van der Waals surface area contributed by atoms with Gasteiger partial charge in [0, 0.05) is 30.7 Å². The van der Waals surface area contributed by atoms with Crippen LogP contribution in [0.5, 0.6) is 0 Å². The molecule has 0 aliphatic carbocycles. The van der Waals surface area contributed by atoms with Gasteiger partial charge in [0.1, 0.15) is 11.5 Å². The highest BCUT2D eigenvalue weighted by atomic mass is 19.1. The maximum absolute atomic E-state index is 13.8. The van der Waals surface area contributed by atoms with Crippen LogP contribution in [0.15, 0.2) is 54.9 Å². The van der Waals surface area contributed by atoms with Gasteiger partial charge < -0.3 is 10.1 Å². The first-order valence-corrected chi connectivity index (χ1v) is 8.12. The van der Waals surface area contributed by atoms with Crippen LogP contribution < -0.4 is 10.2 Å². The molecule has 3 rings (SSSR count). The SMILES string of the molecule is COC(=O)N(C)c1ccc(NC(=O)c2cnn(-c3ccc(F)cc3F)c2)cc1.